The molecule has 3 nitrogen and oxygen atoms in total. The number of hydrogen-bond donors (Lipinski definition) is 0. The number of fused-ring (bicyclic) bond motifs is 2. The molecule has 1 aliphatic carbocycles. The summed E-state index contributed by atoms with van der Waals surface area (Å²) in [5, 5.41) is 0.971. The van der Waals surface area contributed by atoms with E-state index in [9.17, 15) is 4.79 Å². The van der Waals surface area contributed by atoms with E-state index in [2.05, 4.69) is 4.98 Å². The quantitative estimate of drug-likeness (QED) is 0.752. The molecule has 1 aliphatic rings. The topological polar surface area (TPSA) is 39.2 Å². The van der Waals surface area contributed by atoms with Crippen LogP contribution in [-0.4, -0.2) is 17.9 Å². The van der Waals surface area contributed by atoms with Crippen LogP contribution in [0.2, 0.25) is 0 Å². The first-order chi connectivity index (χ1) is 8.29. The van der Waals surface area contributed by atoms with Gasteiger partial charge in [0.25, 0.3) is 0 Å². The Hall–Kier alpha value is -1.90. The van der Waals surface area contributed by atoms with Crippen molar-refractivity contribution < 1.29 is 9.53 Å². The van der Waals surface area contributed by atoms with Crippen LogP contribution in [0.15, 0.2) is 24.3 Å². The minimum Gasteiger partial charge on any atom is -0.494 e. The summed E-state index contributed by atoms with van der Waals surface area (Å²) in [4.78, 5) is 16.4. The Morgan fingerprint density at radius 1 is 1.29 bits per heavy atom. The summed E-state index contributed by atoms with van der Waals surface area (Å²) in [6, 6.07) is 7.73. The highest BCUT2D eigenvalue weighted by Gasteiger charge is 2.19. The molecule has 1 aromatic heterocycles. The number of ketones is 1. The van der Waals surface area contributed by atoms with E-state index in [4.69, 9.17) is 4.74 Å². The van der Waals surface area contributed by atoms with Gasteiger partial charge in [0.1, 0.15) is 11.3 Å². The molecule has 0 saturated carbocycles. The molecule has 0 atom stereocenters. The number of Topliss-reactive ketones (excluding diaryl/α,β-unsaturated/α-hetero) is 1. The Kier molecular flexibility index (Phi) is 2.32. The molecule has 1 aromatic carbocycles. The van der Waals surface area contributed by atoms with Gasteiger partial charge in [0, 0.05) is 17.4 Å². The lowest BCUT2D eigenvalue weighted by atomic mass is 9.93. The predicted octanol–water partition coefficient (Wildman–Crippen LogP) is 2.76. The van der Waals surface area contributed by atoms with Gasteiger partial charge in [-0.3, -0.25) is 4.79 Å². The van der Waals surface area contributed by atoms with E-state index in [1.807, 2.05) is 24.3 Å². The number of pyridine rings is 1. The van der Waals surface area contributed by atoms with Crippen molar-refractivity contribution in [2.24, 2.45) is 0 Å². The molecule has 0 unspecified atom stereocenters. The van der Waals surface area contributed by atoms with E-state index in [0.29, 0.717) is 6.42 Å². The lowest BCUT2D eigenvalue weighted by Crippen LogP contribution is -2.12. The van der Waals surface area contributed by atoms with Crippen molar-refractivity contribution in [2.75, 3.05) is 7.11 Å². The summed E-state index contributed by atoms with van der Waals surface area (Å²) in [5.41, 5.74) is 2.55. The average molecular weight is 227 g/mol. The fraction of sp³-hybridized carbons (Fsp3) is 0.286. The summed E-state index contributed by atoms with van der Waals surface area (Å²) < 4.78 is 5.30. The van der Waals surface area contributed by atoms with Crippen LogP contribution in [0.3, 0.4) is 0 Å². The first-order valence-corrected chi connectivity index (χ1v) is 5.79. The molecule has 0 bridgehead atoms. The molecule has 0 spiro atoms. The summed E-state index contributed by atoms with van der Waals surface area (Å²) in [6.07, 6.45) is 2.43. The Morgan fingerprint density at radius 3 is 3.00 bits per heavy atom. The molecular formula is C14H13NO2. The molecule has 3 rings (SSSR count). The van der Waals surface area contributed by atoms with Crippen LogP contribution in [0.1, 0.15) is 28.9 Å². The molecule has 0 aliphatic heterocycles. The standard InChI is InChI=1S/C14H13NO2/c1-17-13-7-2-4-9-8-10-11(15-14(9)13)5-3-6-12(10)16/h2,4,7-8H,3,5-6H2,1H3. The van der Waals surface area contributed by atoms with Crippen molar-refractivity contribution in [3.8, 4) is 5.75 Å². The van der Waals surface area contributed by atoms with Gasteiger partial charge in [-0.25, -0.2) is 4.98 Å². The van der Waals surface area contributed by atoms with Gasteiger partial charge in [-0.1, -0.05) is 12.1 Å². The van der Waals surface area contributed by atoms with Crippen molar-refractivity contribution >= 4 is 16.7 Å². The zero-order valence-electron chi connectivity index (χ0n) is 9.69. The second-order valence-corrected chi connectivity index (χ2v) is 4.29. The van der Waals surface area contributed by atoms with E-state index >= 15 is 0 Å². The van der Waals surface area contributed by atoms with Gasteiger partial charge in [-0.05, 0) is 25.0 Å². The lowest BCUT2D eigenvalue weighted by molar-refractivity contribution is 0.0972. The van der Waals surface area contributed by atoms with E-state index in [1.54, 1.807) is 7.11 Å². The number of ether oxygens (including phenoxy) is 1. The third-order valence-electron chi connectivity index (χ3n) is 3.23. The van der Waals surface area contributed by atoms with Gasteiger partial charge in [0.05, 0.1) is 12.8 Å². The molecule has 0 radical (unpaired) electrons. The SMILES string of the molecule is COc1cccc2cc3c(nc12)CCCC3=O. The Labute approximate surface area is 99.4 Å². The largest absolute Gasteiger partial charge is 0.494 e. The van der Waals surface area contributed by atoms with Gasteiger partial charge >= 0.3 is 0 Å². The van der Waals surface area contributed by atoms with Crippen molar-refractivity contribution in [1.29, 1.82) is 0 Å². The number of para-hydroxylation sites is 1. The third-order valence-corrected chi connectivity index (χ3v) is 3.23. The van der Waals surface area contributed by atoms with Crippen LogP contribution < -0.4 is 4.74 Å². The normalized spacial score (nSPS) is 14.8. The van der Waals surface area contributed by atoms with Crippen LogP contribution in [0.5, 0.6) is 5.75 Å². The summed E-state index contributed by atoms with van der Waals surface area (Å²) in [5.74, 6) is 0.979. The van der Waals surface area contributed by atoms with Gasteiger partial charge in [0.15, 0.2) is 5.78 Å². The zero-order chi connectivity index (χ0) is 11.8. The first kappa shape index (κ1) is 10.3. The first-order valence-electron chi connectivity index (χ1n) is 5.79. The second-order valence-electron chi connectivity index (χ2n) is 4.29. The van der Waals surface area contributed by atoms with Gasteiger partial charge in [-0.2, -0.15) is 0 Å². The highest BCUT2D eigenvalue weighted by Crippen LogP contribution is 2.28. The second kappa shape index (κ2) is 3.84. The van der Waals surface area contributed by atoms with Crippen molar-refractivity contribution in [3.63, 3.8) is 0 Å². The molecule has 0 N–H and O–H groups in total. The minimum atomic E-state index is 0.212. The highest BCUT2D eigenvalue weighted by atomic mass is 16.5. The third kappa shape index (κ3) is 1.58. The minimum absolute atomic E-state index is 0.212. The molecule has 86 valence electrons. The van der Waals surface area contributed by atoms with E-state index in [0.717, 1.165) is 40.8 Å². The number of aryl methyl sites for hydroxylation is 1. The molecule has 0 saturated heterocycles. The molecule has 0 fully saturated rings. The number of methoxy groups -OCH3 is 1. The summed E-state index contributed by atoms with van der Waals surface area (Å²) in [6.45, 7) is 0. The number of nitrogens with zero attached hydrogens (tertiary/aromatic N) is 1. The van der Waals surface area contributed by atoms with Gasteiger partial charge in [-0.15, -0.1) is 0 Å². The maximum absolute atomic E-state index is 11.8. The van der Waals surface area contributed by atoms with Crippen LogP contribution in [0, 0.1) is 0 Å². The lowest BCUT2D eigenvalue weighted by Gasteiger charge is -2.15. The highest BCUT2D eigenvalue weighted by molar-refractivity contribution is 6.01. The summed E-state index contributed by atoms with van der Waals surface area (Å²) in [7, 11) is 1.64. The van der Waals surface area contributed by atoms with Gasteiger partial charge in [0.2, 0.25) is 0 Å². The number of carbonyl (C=O) groups is 1. The van der Waals surface area contributed by atoms with Crippen molar-refractivity contribution in [2.45, 2.75) is 19.3 Å². The average Bonchev–Trinajstić information content (AvgIpc) is 2.36. The maximum Gasteiger partial charge on any atom is 0.164 e. The number of benzene rings is 1. The van der Waals surface area contributed by atoms with Crippen LogP contribution in [-0.2, 0) is 6.42 Å². The van der Waals surface area contributed by atoms with Crippen molar-refractivity contribution in [3.05, 3.63) is 35.5 Å². The Bertz CT molecular complexity index is 604. The number of aromatic nitrogens is 1. The smallest absolute Gasteiger partial charge is 0.164 e. The predicted molar refractivity (Wildman–Crippen MR) is 65.6 cm³/mol. The fourth-order valence-corrected chi connectivity index (χ4v) is 2.36. The van der Waals surface area contributed by atoms with Crippen molar-refractivity contribution in [1.82, 2.24) is 4.98 Å². The Balaban J connectivity index is 2.31. The molecule has 0 amide bonds. The molecule has 1 heterocycles. The van der Waals surface area contributed by atoms with E-state index < -0.39 is 0 Å². The molecule has 3 heteroatoms. The maximum atomic E-state index is 11.8. The zero-order valence-corrected chi connectivity index (χ0v) is 9.69. The molecular weight excluding hydrogens is 214 g/mol. The monoisotopic (exact) mass is 227 g/mol. The van der Waals surface area contributed by atoms with E-state index in [-0.39, 0.29) is 5.78 Å². The molecule has 2 aromatic rings. The fourth-order valence-electron chi connectivity index (χ4n) is 2.36. The Morgan fingerprint density at radius 2 is 2.18 bits per heavy atom. The van der Waals surface area contributed by atoms with Crippen LogP contribution >= 0.6 is 0 Å². The van der Waals surface area contributed by atoms with E-state index in [1.165, 1.54) is 0 Å². The number of rotatable bonds is 1. The number of carbonyl (C=O) groups excluding carboxylic acids is 1. The molecule has 17 heavy (non-hydrogen) atoms. The number of hydrogen-bond acceptors (Lipinski definition) is 3. The summed E-state index contributed by atoms with van der Waals surface area (Å²) >= 11 is 0. The van der Waals surface area contributed by atoms with Gasteiger partial charge < -0.3 is 4.74 Å². The van der Waals surface area contributed by atoms with Crippen LogP contribution in [0.4, 0.5) is 0 Å². The van der Waals surface area contributed by atoms with Crippen LogP contribution in [0.25, 0.3) is 10.9 Å².